The lowest BCUT2D eigenvalue weighted by Gasteiger charge is -2.43. The Kier molecular flexibility index (Phi) is 11.5. The molecule has 0 bridgehead atoms. The minimum atomic E-state index is -2.99. The third-order valence-electron chi connectivity index (χ3n) is 6.09. The Morgan fingerprint density at radius 3 is 1.89 bits per heavy atom. The number of carbonyl (C=O) groups excluding carboxylic acids is 3. The summed E-state index contributed by atoms with van der Waals surface area (Å²) in [6.45, 7) is 7.55. The van der Waals surface area contributed by atoms with E-state index in [-0.39, 0.29) is 18.1 Å². The summed E-state index contributed by atoms with van der Waals surface area (Å²) in [5.41, 5.74) is 0. The summed E-state index contributed by atoms with van der Waals surface area (Å²) < 4.78 is 11.7. The molecule has 2 aromatic carbocycles. The van der Waals surface area contributed by atoms with Gasteiger partial charge >= 0.3 is 5.97 Å². The zero-order valence-corrected chi connectivity index (χ0v) is 24.6. The first kappa shape index (κ1) is 30.7. The van der Waals surface area contributed by atoms with Gasteiger partial charge in [-0.1, -0.05) is 97.4 Å². The van der Waals surface area contributed by atoms with E-state index in [4.69, 9.17) is 9.16 Å². The van der Waals surface area contributed by atoms with Gasteiger partial charge in [0.1, 0.15) is 12.1 Å². The number of methoxy groups -OCH3 is 1. The van der Waals surface area contributed by atoms with Gasteiger partial charge in [-0.3, -0.25) is 9.59 Å². The Bertz CT molecular complexity index is 991. The number of rotatable bonds is 12. The Hall–Kier alpha value is -2.53. The van der Waals surface area contributed by atoms with Crippen molar-refractivity contribution in [2.75, 3.05) is 19.0 Å². The molecule has 2 aromatic rings. The highest BCUT2D eigenvalue weighted by Crippen LogP contribution is 2.36. The van der Waals surface area contributed by atoms with Gasteiger partial charge in [0.05, 0.1) is 19.8 Å². The predicted octanol–water partition coefficient (Wildman–Crippen LogP) is 1.87. The van der Waals surface area contributed by atoms with Crippen LogP contribution in [0.3, 0.4) is 0 Å². The number of amides is 2. The highest BCUT2D eigenvalue weighted by molar-refractivity contribution is 9.09. The molecule has 2 rings (SSSR count). The van der Waals surface area contributed by atoms with Crippen LogP contribution >= 0.6 is 15.9 Å². The van der Waals surface area contributed by atoms with E-state index < -0.39 is 44.3 Å². The van der Waals surface area contributed by atoms with Crippen molar-refractivity contribution in [3.63, 3.8) is 0 Å². The number of benzene rings is 2. The number of aliphatic hydroxyl groups is 1. The average molecular weight is 594 g/mol. The highest BCUT2D eigenvalue weighted by Gasteiger charge is 2.50. The number of esters is 1. The van der Waals surface area contributed by atoms with Gasteiger partial charge < -0.3 is 24.9 Å². The van der Waals surface area contributed by atoms with Gasteiger partial charge in [0.25, 0.3) is 8.32 Å². The molecule has 2 amide bonds. The van der Waals surface area contributed by atoms with Crippen molar-refractivity contribution in [3.05, 3.63) is 60.7 Å². The van der Waals surface area contributed by atoms with E-state index in [0.717, 1.165) is 10.4 Å². The summed E-state index contributed by atoms with van der Waals surface area (Å²) in [6, 6.07) is 17.4. The topological polar surface area (TPSA) is 114 Å². The van der Waals surface area contributed by atoms with Crippen molar-refractivity contribution in [1.82, 2.24) is 10.6 Å². The van der Waals surface area contributed by atoms with Gasteiger partial charge in [-0.2, -0.15) is 0 Å². The van der Waals surface area contributed by atoms with Gasteiger partial charge in [0.2, 0.25) is 11.8 Å². The lowest BCUT2D eigenvalue weighted by Crippen LogP contribution is -2.68. The Balaban J connectivity index is 2.43. The zero-order valence-electron chi connectivity index (χ0n) is 22.0. The molecule has 0 aromatic heterocycles. The average Bonchev–Trinajstić information content (AvgIpc) is 2.86. The van der Waals surface area contributed by atoms with Crippen molar-refractivity contribution < 1.29 is 28.7 Å². The molecule has 0 aliphatic carbocycles. The van der Waals surface area contributed by atoms with Crippen molar-refractivity contribution >= 4 is 52.4 Å². The minimum absolute atomic E-state index is 0.133. The van der Waals surface area contributed by atoms with Crippen molar-refractivity contribution in [2.24, 2.45) is 0 Å². The van der Waals surface area contributed by atoms with Crippen LogP contribution in [0.25, 0.3) is 0 Å². The molecule has 0 aliphatic heterocycles. The summed E-state index contributed by atoms with van der Waals surface area (Å²) >= 11 is 3.18. The first-order chi connectivity index (χ1) is 17.5. The molecule has 0 fully saturated rings. The zero-order chi connectivity index (χ0) is 27.6. The highest BCUT2D eigenvalue weighted by atomic mass is 79.9. The van der Waals surface area contributed by atoms with E-state index in [9.17, 15) is 19.5 Å². The van der Waals surface area contributed by atoms with E-state index in [2.05, 4.69) is 47.3 Å². The molecule has 3 atom stereocenters. The van der Waals surface area contributed by atoms with Gasteiger partial charge in [-0.05, 0) is 22.3 Å². The van der Waals surface area contributed by atoms with Crippen LogP contribution in [0, 0.1) is 0 Å². The van der Waals surface area contributed by atoms with Crippen molar-refractivity contribution in [1.29, 1.82) is 0 Å². The van der Waals surface area contributed by atoms with E-state index >= 15 is 0 Å². The number of hydrogen-bond acceptors (Lipinski definition) is 6. The van der Waals surface area contributed by atoms with Crippen molar-refractivity contribution in [3.8, 4) is 0 Å². The fourth-order valence-corrected chi connectivity index (χ4v) is 9.21. The molecule has 0 radical (unpaired) electrons. The monoisotopic (exact) mass is 592 g/mol. The number of nitrogens with one attached hydrogen (secondary N) is 2. The second kappa shape index (κ2) is 13.9. The molecule has 3 unspecified atom stereocenters. The smallest absolute Gasteiger partial charge is 0.330 e. The maximum atomic E-state index is 13.1. The minimum Gasteiger partial charge on any atom is -0.467 e. The lowest BCUT2D eigenvalue weighted by atomic mass is 10.1. The third kappa shape index (κ3) is 7.73. The van der Waals surface area contributed by atoms with E-state index in [1.165, 1.54) is 14.0 Å². The number of carbonyl (C=O) groups is 3. The number of alkyl halides is 1. The molecule has 0 saturated carbocycles. The van der Waals surface area contributed by atoms with Crippen LogP contribution in [0.5, 0.6) is 0 Å². The number of ether oxygens (including phenoxy) is 1. The Morgan fingerprint density at radius 1 is 0.973 bits per heavy atom. The van der Waals surface area contributed by atoms with E-state index in [1.807, 2.05) is 60.7 Å². The maximum Gasteiger partial charge on any atom is 0.330 e. The normalized spacial score (nSPS) is 14.2. The van der Waals surface area contributed by atoms with Crippen LogP contribution in [0.15, 0.2) is 60.7 Å². The predicted molar refractivity (Wildman–Crippen MR) is 150 cm³/mol. The molecular formula is C27H37BrN2O6Si. The standard InChI is InChI=1S/C27H37BrN2O6Si/c1-19(31)24(30-23(32)16-17-28)25(33)29-22(26(34)35-5)18-36-37(27(2,3)4,20-12-8-6-9-13-20)21-14-10-7-11-15-21/h6-15,19,22,24,31H,16-18H2,1-5H3,(H,29,33)(H,30,32). The van der Waals surface area contributed by atoms with Crippen molar-refractivity contribution in [2.45, 2.75) is 57.3 Å². The second-order valence-electron chi connectivity index (χ2n) is 9.78. The fraction of sp³-hybridized carbons (Fsp3) is 0.444. The number of aliphatic hydroxyl groups excluding tert-OH is 1. The molecule has 0 spiro atoms. The lowest BCUT2D eigenvalue weighted by molar-refractivity contribution is -0.146. The molecule has 202 valence electrons. The third-order valence-corrected chi connectivity index (χ3v) is 11.5. The first-order valence-corrected chi connectivity index (χ1v) is 15.2. The summed E-state index contributed by atoms with van der Waals surface area (Å²) in [7, 11) is -1.76. The Labute approximate surface area is 228 Å². The molecule has 3 N–H and O–H groups in total. The maximum absolute atomic E-state index is 13.1. The van der Waals surface area contributed by atoms with Gasteiger partial charge in [-0.15, -0.1) is 0 Å². The second-order valence-corrected chi connectivity index (χ2v) is 14.9. The largest absolute Gasteiger partial charge is 0.467 e. The fourth-order valence-electron chi connectivity index (χ4n) is 4.28. The summed E-state index contributed by atoms with van der Waals surface area (Å²) in [5.74, 6) is -1.81. The van der Waals surface area contributed by atoms with E-state index in [1.54, 1.807) is 0 Å². The van der Waals surface area contributed by atoms with Crippen LogP contribution in [0.2, 0.25) is 5.04 Å². The number of halogens is 1. The molecule has 0 saturated heterocycles. The van der Waals surface area contributed by atoms with Crippen LogP contribution < -0.4 is 21.0 Å². The van der Waals surface area contributed by atoms with Crippen LogP contribution in [-0.4, -0.2) is 68.4 Å². The molecule has 37 heavy (non-hydrogen) atoms. The summed E-state index contributed by atoms with van der Waals surface area (Å²) in [4.78, 5) is 37.9. The quantitative estimate of drug-likeness (QED) is 0.197. The first-order valence-electron chi connectivity index (χ1n) is 12.1. The molecule has 0 heterocycles. The molecule has 0 aliphatic rings. The Morgan fingerprint density at radius 2 is 1.49 bits per heavy atom. The van der Waals surface area contributed by atoms with Crippen LogP contribution in [-0.2, 0) is 23.5 Å². The van der Waals surface area contributed by atoms with Gasteiger partial charge in [-0.25, -0.2) is 4.79 Å². The summed E-state index contributed by atoms with van der Waals surface area (Å²) in [5, 5.41) is 17.4. The molecule has 8 nitrogen and oxygen atoms in total. The SMILES string of the molecule is COC(=O)C(CO[Si](c1ccccc1)(c1ccccc1)C(C)(C)C)NC(=O)C(NC(=O)CCBr)C(C)O. The molecular weight excluding hydrogens is 556 g/mol. The van der Waals surface area contributed by atoms with Crippen LogP contribution in [0.4, 0.5) is 0 Å². The summed E-state index contributed by atoms with van der Waals surface area (Å²) in [6.07, 6.45) is -1.05. The van der Waals surface area contributed by atoms with Crippen LogP contribution in [0.1, 0.15) is 34.1 Å². The van der Waals surface area contributed by atoms with Gasteiger partial charge in [0.15, 0.2) is 0 Å². The van der Waals surface area contributed by atoms with E-state index in [0.29, 0.717) is 5.33 Å². The molecule has 10 heteroatoms. The number of hydrogen-bond donors (Lipinski definition) is 3. The van der Waals surface area contributed by atoms with Gasteiger partial charge in [0, 0.05) is 11.8 Å².